The zero-order chi connectivity index (χ0) is 17.0. The van der Waals surface area contributed by atoms with Gasteiger partial charge in [0, 0.05) is 14.0 Å². The molecule has 0 amide bonds. The zero-order valence-corrected chi connectivity index (χ0v) is 13.3. The normalized spacial score (nSPS) is 29.4. The number of aliphatic hydroxyl groups excluding tert-OH is 3. The fourth-order valence-electron chi connectivity index (χ4n) is 3.29. The Labute approximate surface area is 137 Å². The Morgan fingerprint density at radius 2 is 2.00 bits per heavy atom. The van der Waals surface area contributed by atoms with E-state index in [2.05, 4.69) is 15.1 Å². The summed E-state index contributed by atoms with van der Waals surface area (Å²) in [6.45, 7) is 1.82. The molecule has 4 rings (SSSR count). The molecule has 1 fully saturated rings. The second-order valence-electron chi connectivity index (χ2n) is 6.05. The average molecular weight is 335 g/mol. The van der Waals surface area contributed by atoms with E-state index >= 15 is 0 Å². The number of ether oxygens (including phenoxy) is 1. The first-order valence-corrected chi connectivity index (χ1v) is 7.68. The maximum atomic E-state index is 10.1. The highest BCUT2D eigenvalue weighted by atomic mass is 16.6. The highest BCUT2D eigenvalue weighted by Crippen LogP contribution is 2.26. The molecule has 2 aromatic rings. The molecule has 128 valence electrons. The summed E-state index contributed by atoms with van der Waals surface area (Å²) < 4.78 is 9.27. The lowest BCUT2D eigenvalue weighted by Gasteiger charge is -2.13. The Bertz CT molecular complexity index is 821. The molecule has 4 unspecified atom stereocenters. The van der Waals surface area contributed by atoms with Crippen molar-refractivity contribution in [3.05, 3.63) is 12.7 Å². The molecule has 0 aliphatic carbocycles. The molecule has 10 heteroatoms. The standard InChI is InChI=1S/C14H19N6O4/c1-7-17-18(2)13-10-14(16-5-15-13)19(6-20(7)10)3-8-11(22)12(23)9(4-21)24-8/h5-6,8-9,11-12,21-23H,3-4H2,1-2H3/q+1. The van der Waals surface area contributed by atoms with Gasteiger partial charge in [0.25, 0.3) is 5.84 Å². The Morgan fingerprint density at radius 1 is 1.25 bits per heavy atom. The van der Waals surface area contributed by atoms with Crippen molar-refractivity contribution in [1.82, 2.24) is 14.5 Å². The molecule has 0 bridgehead atoms. The summed E-state index contributed by atoms with van der Waals surface area (Å²) in [4.78, 5) is 8.61. The van der Waals surface area contributed by atoms with Crippen LogP contribution in [0.4, 0.5) is 5.82 Å². The van der Waals surface area contributed by atoms with Crippen molar-refractivity contribution < 1.29 is 24.6 Å². The molecule has 3 N–H and O–H groups in total. The van der Waals surface area contributed by atoms with Crippen LogP contribution in [-0.4, -0.2) is 73.8 Å². The Morgan fingerprint density at radius 3 is 2.71 bits per heavy atom. The summed E-state index contributed by atoms with van der Waals surface area (Å²) in [5.41, 5.74) is 1.50. The predicted octanol–water partition coefficient (Wildman–Crippen LogP) is -2.17. The van der Waals surface area contributed by atoms with E-state index in [-0.39, 0.29) is 13.2 Å². The quantitative estimate of drug-likeness (QED) is 0.546. The number of nitrogens with zero attached hydrogens (tertiary/aromatic N) is 6. The van der Waals surface area contributed by atoms with Crippen molar-refractivity contribution >= 4 is 22.8 Å². The van der Waals surface area contributed by atoms with E-state index in [1.807, 2.05) is 29.4 Å². The fraction of sp³-hybridized carbons (Fsp3) is 0.571. The van der Waals surface area contributed by atoms with Crippen LogP contribution in [0.3, 0.4) is 0 Å². The van der Waals surface area contributed by atoms with E-state index in [0.29, 0.717) is 11.5 Å². The van der Waals surface area contributed by atoms with E-state index in [4.69, 9.17) is 4.74 Å². The molecule has 10 nitrogen and oxygen atoms in total. The smallest absolute Gasteiger partial charge is 0.264 e. The first-order chi connectivity index (χ1) is 11.5. The number of imidazole rings is 1. The summed E-state index contributed by atoms with van der Waals surface area (Å²) >= 11 is 0. The van der Waals surface area contributed by atoms with Gasteiger partial charge in [0.05, 0.1) is 13.2 Å². The van der Waals surface area contributed by atoms with Gasteiger partial charge in [-0.2, -0.15) is 9.58 Å². The number of aliphatic hydroxyl groups is 3. The van der Waals surface area contributed by atoms with Crippen molar-refractivity contribution in [2.24, 2.45) is 5.10 Å². The van der Waals surface area contributed by atoms with Crippen molar-refractivity contribution in [3.8, 4) is 0 Å². The van der Waals surface area contributed by atoms with Gasteiger partial charge in [0.15, 0.2) is 6.33 Å². The Balaban J connectivity index is 1.74. The van der Waals surface area contributed by atoms with Crippen LogP contribution in [0, 0.1) is 0 Å². The maximum absolute atomic E-state index is 10.1. The van der Waals surface area contributed by atoms with Crippen LogP contribution in [0.1, 0.15) is 6.92 Å². The van der Waals surface area contributed by atoms with Gasteiger partial charge in [-0.3, -0.25) is 0 Å². The molecule has 24 heavy (non-hydrogen) atoms. The van der Waals surface area contributed by atoms with Crippen LogP contribution in [0.25, 0.3) is 11.2 Å². The van der Waals surface area contributed by atoms with Gasteiger partial charge >= 0.3 is 0 Å². The molecular weight excluding hydrogens is 316 g/mol. The topological polar surface area (TPSA) is 120 Å². The highest BCUT2D eigenvalue weighted by Gasteiger charge is 2.43. The number of anilines is 1. The van der Waals surface area contributed by atoms with Crippen LogP contribution >= 0.6 is 0 Å². The summed E-state index contributed by atoms with van der Waals surface area (Å²) in [5.74, 6) is 1.45. The molecule has 2 aliphatic heterocycles. The van der Waals surface area contributed by atoms with E-state index in [9.17, 15) is 15.3 Å². The number of hydrazone groups is 1. The van der Waals surface area contributed by atoms with Gasteiger partial charge < -0.3 is 20.1 Å². The maximum Gasteiger partial charge on any atom is 0.264 e. The van der Waals surface area contributed by atoms with Crippen LogP contribution in [0.5, 0.6) is 0 Å². The third-order valence-corrected chi connectivity index (χ3v) is 4.52. The van der Waals surface area contributed by atoms with Gasteiger partial charge in [-0.1, -0.05) is 0 Å². The number of aromatic nitrogens is 4. The van der Waals surface area contributed by atoms with Gasteiger partial charge in [0.2, 0.25) is 17.0 Å². The minimum atomic E-state index is -1.11. The van der Waals surface area contributed by atoms with Gasteiger partial charge in [0.1, 0.15) is 30.7 Å². The third-order valence-electron chi connectivity index (χ3n) is 4.52. The fourth-order valence-corrected chi connectivity index (χ4v) is 3.29. The lowest BCUT2D eigenvalue weighted by atomic mass is 10.1. The van der Waals surface area contributed by atoms with E-state index < -0.39 is 24.4 Å². The Hall–Kier alpha value is -2.14. The van der Waals surface area contributed by atoms with Crippen LogP contribution in [0.2, 0.25) is 0 Å². The van der Waals surface area contributed by atoms with Crippen LogP contribution in [-0.2, 0) is 11.3 Å². The predicted molar refractivity (Wildman–Crippen MR) is 82.4 cm³/mol. The van der Waals surface area contributed by atoms with Crippen molar-refractivity contribution in [2.45, 2.75) is 37.9 Å². The van der Waals surface area contributed by atoms with Crippen molar-refractivity contribution in [3.63, 3.8) is 0 Å². The Kier molecular flexibility index (Phi) is 3.49. The summed E-state index contributed by atoms with van der Waals surface area (Å²) in [7, 11) is 1.82. The molecule has 0 saturated carbocycles. The molecule has 2 aromatic heterocycles. The zero-order valence-electron chi connectivity index (χ0n) is 13.3. The van der Waals surface area contributed by atoms with Gasteiger partial charge in [-0.15, -0.1) is 0 Å². The highest BCUT2D eigenvalue weighted by molar-refractivity contribution is 5.88. The lowest BCUT2D eigenvalue weighted by molar-refractivity contribution is -0.529. The van der Waals surface area contributed by atoms with Crippen LogP contribution in [0.15, 0.2) is 17.8 Å². The monoisotopic (exact) mass is 335 g/mol. The molecule has 0 radical (unpaired) electrons. The van der Waals surface area contributed by atoms with Crippen LogP contribution < -0.4 is 9.58 Å². The second-order valence-corrected chi connectivity index (χ2v) is 6.05. The lowest BCUT2D eigenvalue weighted by Crippen LogP contribution is -2.45. The number of hydrogen-bond acceptors (Lipinski definition) is 8. The summed E-state index contributed by atoms with van der Waals surface area (Å²) in [6.07, 6.45) is -0.322. The SMILES string of the molecule is CC1=NN(C)c2ncnc3c2[n+]1cn3CC1OC(CO)C(O)C1O. The molecule has 0 aromatic carbocycles. The van der Waals surface area contributed by atoms with Gasteiger partial charge in [-0.25, -0.2) is 14.5 Å². The van der Waals surface area contributed by atoms with Crippen molar-refractivity contribution in [2.75, 3.05) is 18.7 Å². The third kappa shape index (κ3) is 2.11. The minimum Gasteiger partial charge on any atom is -0.394 e. The summed E-state index contributed by atoms with van der Waals surface area (Å²) in [5, 5.41) is 35.4. The molecule has 4 atom stereocenters. The minimum absolute atomic E-state index is 0.283. The number of hydrogen-bond donors (Lipinski definition) is 3. The molecule has 4 heterocycles. The van der Waals surface area contributed by atoms with E-state index in [0.717, 1.165) is 11.4 Å². The molecule has 2 aliphatic rings. The van der Waals surface area contributed by atoms with E-state index in [1.54, 1.807) is 5.01 Å². The summed E-state index contributed by atoms with van der Waals surface area (Å²) in [6, 6.07) is 0. The molecular formula is C14H19N6O4+. The van der Waals surface area contributed by atoms with E-state index in [1.165, 1.54) is 6.33 Å². The molecule has 0 spiro atoms. The largest absolute Gasteiger partial charge is 0.394 e. The van der Waals surface area contributed by atoms with Crippen molar-refractivity contribution in [1.29, 1.82) is 0 Å². The first-order valence-electron chi connectivity index (χ1n) is 7.68. The molecule has 1 saturated heterocycles. The first kappa shape index (κ1) is 15.4. The number of rotatable bonds is 3. The van der Waals surface area contributed by atoms with Gasteiger partial charge in [-0.05, 0) is 5.10 Å². The average Bonchev–Trinajstić information content (AvgIpc) is 3.07. The second kappa shape index (κ2) is 5.45.